The van der Waals surface area contributed by atoms with E-state index in [0.29, 0.717) is 12.3 Å². The van der Waals surface area contributed by atoms with Crippen LogP contribution in [-0.4, -0.2) is 25.8 Å². The van der Waals surface area contributed by atoms with Crippen LogP contribution < -0.4 is 0 Å². The summed E-state index contributed by atoms with van der Waals surface area (Å²) in [6.45, 7) is 5.70. The highest BCUT2D eigenvalue weighted by molar-refractivity contribution is 5.74. The summed E-state index contributed by atoms with van der Waals surface area (Å²) in [7, 11) is 1.87. The van der Waals surface area contributed by atoms with Crippen molar-refractivity contribution in [1.82, 2.24) is 14.8 Å². The third kappa shape index (κ3) is 3.27. The zero-order valence-corrected chi connectivity index (χ0v) is 13.6. The van der Waals surface area contributed by atoms with Gasteiger partial charge in [0.1, 0.15) is 5.82 Å². The molecule has 0 aromatic carbocycles. The number of carboxylic acid groups (broad SMARTS) is 1. The van der Waals surface area contributed by atoms with Crippen molar-refractivity contribution in [2.24, 2.45) is 18.4 Å². The molecule has 5 heteroatoms. The number of nitrogens with zero attached hydrogens (tertiary/aromatic N) is 3. The van der Waals surface area contributed by atoms with Crippen LogP contribution in [0.15, 0.2) is 0 Å². The van der Waals surface area contributed by atoms with E-state index in [4.69, 9.17) is 0 Å². The van der Waals surface area contributed by atoms with Crippen LogP contribution in [0.5, 0.6) is 0 Å². The molecule has 1 aliphatic rings. The highest BCUT2D eigenvalue weighted by Crippen LogP contribution is 2.33. The fourth-order valence-corrected chi connectivity index (χ4v) is 2.98. The third-order valence-electron chi connectivity index (χ3n) is 5.13. The van der Waals surface area contributed by atoms with Crippen LogP contribution in [0.2, 0.25) is 0 Å². The predicted octanol–water partition coefficient (Wildman–Crippen LogP) is 3.15. The Kier molecular flexibility index (Phi) is 4.69. The van der Waals surface area contributed by atoms with Gasteiger partial charge in [-0.3, -0.25) is 9.48 Å². The van der Waals surface area contributed by atoms with E-state index in [1.165, 1.54) is 19.3 Å². The van der Waals surface area contributed by atoms with Crippen molar-refractivity contribution >= 4 is 5.97 Å². The second-order valence-corrected chi connectivity index (χ2v) is 6.90. The maximum atomic E-state index is 11.6. The standard InChI is InChI=1S/C16H27N3O2/c1-11(2)16(3,15(20)21)10-13-17-14(18-19(13)4)12-8-6-5-7-9-12/h11-12H,5-10H2,1-4H3,(H,20,21). The monoisotopic (exact) mass is 293 g/mol. The van der Waals surface area contributed by atoms with Crippen molar-refractivity contribution in [1.29, 1.82) is 0 Å². The average Bonchev–Trinajstić information content (AvgIpc) is 2.80. The molecule has 1 saturated carbocycles. The molecule has 1 N–H and O–H groups in total. The molecule has 1 heterocycles. The molecule has 1 aromatic heterocycles. The largest absolute Gasteiger partial charge is 0.481 e. The lowest BCUT2D eigenvalue weighted by atomic mass is 9.76. The average molecular weight is 293 g/mol. The van der Waals surface area contributed by atoms with Gasteiger partial charge in [-0.05, 0) is 25.7 Å². The number of aryl methyl sites for hydroxylation is 1. The molecule has 2 rings (SSSR count). The molecule has 0 aliphatic heterocycles. The van der Waals surface area contributed by atoms with E-state index in [0.717, 1.165) is 24.5 Å². The number of carbonyl (C=O) groups is 1. The number of carboxylic acids is 1. The van der Waals surface area contributed by atoms with Crippen LogP contribution in [-0.2, 0) is 18.3 Å². The van der Waals surface area contributed by atoms with Crippen LogP contribution in [0, 0.1) is 11.3 Å². The van der Waals surface area contributed by atoms with Crippen LogP contribution >= 0.6 is 0 Å². The Labute approximate surface area is 126 Å². The Morgan fingerprint density at radius 1 is 1.38 bits per heavy atom. The van der Waals surface area contributed by atoms with Gasteiger partial charge in [0.05, 0.1) is 5.41 Å². The molecule has 1 unspecified atom stereocenters. The molecule has 0 radical (unpaired) electrons. The van der Waals surface area contributed by atoms with Gasteiger partial charge in [-0.25, -0.2) is 4.98 Å². The number of aromatic nitrogens is 3. The van der Waals surface area contributed by atoms with Gasteiger partial charge in [-0.1, -0.05) is 33.1 Å². The van der Waals surface area contributed by atoms with Crippen LogP contribution in [0.25, 0.3) is 0 Å². The van der Waals surface area contributed by atoms with E-state index in [1.807, 2.05) is 20.9 Å². The van der Waals surface area contributed by atoms with Crippen molar-refractivity contribution in [3.63, 3.8) is 0 Å². The summed E-state index contributed by atoms with van der Waals surface area (Å²) in [5.74, 6) is 1.43. The Morgan fingerprint density at radius 3 is 2.52 bits per heavy atom. The SMILES string of the molecule is CC(C)C(C)(Cc1nc(C2CCCCC2)nn1C)C(=O)O. The molecule has 0 amide bonds. The first-order valence-electron chi connectivity index (χ1n) is 7.98. The Morgan fingerprint density at radius 2 is 2.00 bits per heavy atom. The van der Waals surface area contributed by atoms with Gasteiger partial charge in [-0.15, -0.1) is 0 Å². The highest BCUT2D eigenvalue weighted by atomic mass is 16.4. The molecule has 0 saturated heterocycles. The van der Waals surface area contributed by atoms with Crippen molar-refractivity contribution in [3.8, 4) is 0 Å². The Balaban J connectivity index is 2.20. The van der Waals surface area contributed by atoms with Gasteiger partial charge >= 0.3 is 5.97 Å². The molecule has 0 spiro atoms. The van der Waals surface area contributed by atoms with Gasteiger partial charge in [0, 0.05) is 19.4 Å². The van der Waals surface area contributed by atoms with Gasteiger partial charge in [0.25, 0.3) is 0 Å². The summed E-state index contributed by atoms with van der Waals surface area (Å²) in [4.78, 5) is 16.3. The third-order valence-corrected chi connectivity index (χ3v) is 5.13. The Hall–Kier alpha value is -1.39. The Bertz CT molecular complexity index is 504. The molecule has 5 nitrogen and oxygen atoms in total. The summed E-state index contributed by atoms with van der Waals surface area (Å²) >= 11 is 0. The minimum Gasteiger partial charge on any atom is -0.481 e. The minimum absolute atomic E-state index is 0.0461. The maximum absolute atomic E-state index is 11.6. The number of aliphatic carboxylic acids is 1. The summed E-state index contributed by atoms with van der Waals surface area (Å²) in [6.07, 6.45) is 6.54. The molecular weight excluding hydrogens is 266 g/mol. The van der Waals surface area contributed by atoms with Crippen LogP contribution in [0.1, 0.15) is 70.4 Å². The maximum Gasteiger partial charge on any atom is 0.310 e. The summed E-state index contributed by atoms with van der Waals surface area (Å²) in [5.41, 5.74) is -0.801. The van der Waals surface area contributed by atoms with Gasteiger partial charge in [-0.2, -0.15) is 5.10 Å². The quantitative estimate of drug-likeness (QED) is 0.905. The van der Waals surface area contributed by atoms with Gasteiger partial charge in [0.2, 0.25) is 0 Å². The van der Waals surface area contributed by atoms with Crippen molar-refractivity contribution in [2.45, 2.75) is 65.2 Å². The molecular formula is C16H27N3O2. The smallest absolute Gasteiger partial charge is 0.310 e. The zero-order chi connectivity index (χ0) is 15.6. The molecule has 21 heavy (non-hydrogen) atoms. The van der Waals surface area contributed by atoms with E-state index in [1.54, 1.807) is 11.6 Å². The molecule has 0 bridgehead atoms. The first-order valence-corrected chi connectivity index (χ1v) is 7.98. The van der Waals surface area contributed by atoms with Crippen molar-refractivity contribution in [3.05, 3.63) is 11.6 Å². The topological polar surface area (TPSA) is 68.0 Å². The molecule has 1 aromatic rings. The van der Waals surface area contributed by atoms with E-state index in [-0.39, 0.29) is 5.92 Å². The van der Waals surface area contributed by atoms with Crippen LogP contribution in [0.4, 0.5) is 0 Å². The number of hydrogen-bond donors (Lipinski definition) is 1. The zero-order valence-electron chi connectivity index (χ0n) is 13.6. The number of rotatable bonds is 5. The van der Waals surface area contributed by atoms with E-state index in [9.17, 15) is 9.90 Å². The van der Waals surface area contributed by atoms with E-state index < -0.39 is 11.4 Å². The highest BCUT2D eigenvalue weighted by Gasteiger charge is 2.38. The predicted molar refractivity (Wildman–Crippen MR) is 81.1 cm³/mol. The summed E-state index contributed by atoms with van der Waals surface area (Å²) < 4.78 is 1.77. The molecule has 1 aliphatic carbocycles. The van der Waals surface area contributed by atoms with E-state index >= 15 is 0 Å². The second-order valence-electron chi connectivity index (χ2n) is 6.90. The van der Waals surface area contributed by atoms with Crippen LogP contribution in [0.3, 0.4) is 0 Å². The minimum atomic E-state index is -0.801. The van der Waals surface area contributed by atoms with Gasteiger partial charge < -0.3 is 5.11 Å². The second kappa shape index (κ2) is 6.16. The first kappa shape index (κ1) is 16.0. The lowest BCUT2D eigenvalue weighted by molar-refractivity contribution is -0.150. The normalized spacial score (nSPS) is 19.7. The summed E-state index contributed by atoms with van der Waals surface area (Å²) in [5, 5.41) is 14.1. The fourth-order valence-electron chi connectivity index (χ4n) is 2.98. The van der Waals surface area contributed by atoms with Crippen molar-refractivity contribution < 1.29 is 9.90 Å². The fraction of sp³-hybridized carbons (Fsp3) is 0.812. The molecule has 118 valence electrons. The summed E-state index contributed by atoms with van der Waals surface area (Å²) in [6, 6.07) is 0. The number of hydrogen-bond acceptors (Lipinski definition) is 3. The lowest BCUT2D eigenvalue weighted by Crippen LogP contribution is -2.36. The molecule has 1 fully saturated rings. The lowest BCUT2D eigenvalue weighted by Gasteiger charge is -2.28. The first-order chi connectivity index (χ1) is 9.84. The van der Waals surface area contributed by atoms with Crippen molar-refractivity contribution in [2.75, 3.05) is 0 Å². The van der Waals surface area contributed by atoms with Gasteiger partial charge in [0.15, 0.2) is 5.82 Å². The molecule has 1 atom stereocenters. The van der Waals surface area contributed by atoms with E-state index in [2.05, 4.69) is 10.1 Å².